The third-order valence-electron chi connectivity index (χ3n) is 4.96. The van der Waals surface area contributed by atoms with Crippen molar-refractivity contribution in [3.05, 3.63) is 29.3 Å². The van der Waals surface area contributed by atoms with Gasteiger partial charge in [0.15, 0.2) is 0 Å². The average molecular weight is 288 g/mol. The Labute approximate surface area is 125 Å². The lowest BCUT2D eigenvalue weighted by Gasteiger charge is -2.42. The van der Waals surface area contributed by atoms with Crippen LogP contribution in [0.2, 0.25) is 0 Å². The molecule has 108 valence electrons. The number of benzene rings is 1. The van der Waals surface area contributed by atoms with Crippen molar-refractivity contribution in [3.63, 3.8) is 0 Å². The molecule has 0 amide bonds. The van der Waals surface area contributed by atoms with E-state index in [1.54, 1.807) is 0 Å². The first-order valence-electron chi connectivity index (χ1n) is 7.57. The highest BCUT2D eigenvalue weighted by Gasteiger charge is 2.38. The smallest absolute Gasteiger partial charge is 0.0944 e. The van der Waals surface area contributed by atoms with Crippen molar-refractivity contribution in [3.8, 4) is 0 Å². The first-order valence-corrected chi connectivity index (χ1v) is 8.38. The van der Waals surface area contributed by atoms with E-state index in [-0.39, 0.29) is 5.41 Å². The summed E-state index contributed by atoms with van der Waals surface area (Å²) in [5.74, 6) is 0. The van der Waals surface area contributed by atoms with Gasteiger partial charge in [-0.05, 0) is 55.2 Å². The van der Waals surface area contributed by atoms with Crippen molar-refractivity contribution in [2.75, 3.05) is 6.54 Å². The van der Waals surface area contributed by atoms with Crippen LogP contribution in [-0.2, 0) is 6.42 Å². The summed E-state index contributed by atoms with van der Waals surface area (Å²) >= 11 is 1.84. The minimum atomic E-state index is 0.281. The molecule has 3 heteroatoms. The van der Waals surface area contributed by atoms with Gasteiger partial charge in [0, 0.05) is 6.42 Å². The van der Waals surface area contributed by atoms with Gasteiger partial charge in [-0.1, -0.05) is 26.0 Å². The Morgan fingerprint density at radius 1 is 1.15 bits per heavy atom. The molecule has 3 rings (SSSR count). The normalized spacial score (nSPS) is 21.1. The third-order valence-corrected chi connectivity index (χ3v) is 6.00. The van der Waals surface area contributed by atoms with Crippen molar-refractivity contribution in [1.82, 2.24) is 4.98 Å². The molecule has 0 radical (unpaired) electrons. The van der Waals surface area contributed by atoms with Crippen LogP contribution in [0.25, 0.3) is 10.2 Å². The van der Waals surface area contributed by atoms with Crippen LogP contribution in [0.15, 0.2) is 24.3 Å². The number of thiazole rings is 1. The van der Waals surface area contributed by atoms with Gasteiger partial charge in [-0.25, -0.2) is 4.98 Å². The Morgan fingerprint density at radius 2 is 1.85 bits per heavy atom. The van der Waals surface area contributed by atoms with E-state index in [9.17, 15) is 0 Å². The summed E-state index contributed by atoms with van der Waals surface area (Å²) < 4.78 is 1.30. The van der Waals surface area contributed by atoms with Crippen LogP contribution in [0.4, 0.5) is 0 Å². The van der Waals surface area contributed by atoms with E-state index < -0.39 is 0 Å². The predicted octanol–water partition coefficient (Wildman–Crippen LogP) is 4.38. The summed E-state index contributed by atoms with van der Waals surface area (Å²) in [6.45, 7) is 5.55. The molecule has 1 fully saturated rings. The van der Waals surface area contributed by atoms with E-state index in [4.69, 9.17) is 10.7 Å². The molecule has 1 aliphatic carbocycles. The van der Waals surface area contributed by atoms with Crippen LogP contribution in [0.3, 0.4) is 0 Å². The lowest BCUT2D eigenvalue weighted by atomic mass is 9.64. The number of nitrogens with zero attached hydrogens (tertiary/aromatic N) is 1. The molecule has 2 aromatic rings. The van der Waals surface area contributed by atoms with Crippen LogP contribution in [0.1, 0.15) is 44.5 Å². The van der Waals surface area contributed by atoms with E-state index >= 15 is 0 Å². The molecular weight excluding hydrogens is 264 g/mol. The zero-order chi connectivity index (χ0) is 14.2. The van der Waals surface area contributed by atoms with Crippen molar-refractivity contribution >= 4 is 21.6 Å². The van der Waals surface area contributed by atoms with E-state index in [0.29, 0.717) is 5.41 Å². The monoisotopic (exact) mass is 288 g/mol. The van der Waals surface area contributed by atoms with Crippen LogP contribution in [0.5, 0.6) is 0 Å². The number of nitrogens with two attached hydrogens (primary N) is 1. The van der Waals surface area contributed by atoms with Gasteiger partial charge in [-0.15, -0.1) is 11.3 Å². The highest BCUT2D eigenvalue weighted by atomic mass is 32.1. The lowest BCUT2D eigenvalue weighted by Crippen LogP contribution is -2.38. The summed E-state index contributed by atoms with van der Waals surface area (Å²) in [6.07, 6.45) is 6.11. The van der Waals surface area contributed by atoms with Gasteiger partial charge in [-0.3, -0.25) is 0 Å². The minimum absolute atomic E-state index is 0.281. The molecule has 2 N–H and O–H groups in total. The van der Waals surface area contributed by atoms with E-state index in [1.165, 1.54) is 35.4 Å². The fourth-order valence-corrected chi connectivity index (χ4v) is 4.37. The molecule has 0 aliphatic heterocycles. The van der Waals surface area contributed by atoms with Crippen LogP contribution in [-0.4, -0.2) is 11.5 Å². The van der Waals surface area contributed by atoms with Gasteiger partial charge in [0.2, 0.25) is 0 Å². The van der Waals surface area contributed by atoms with E-state index in [2.05, 4.69) is 38.1 Å². The topological polar surface area (TPSA) is 38.9 Å². The van der Waals surface area contributed by atoms with Gasteiger partial charge in [-0.2, -0.15) is 0 Å². The van der Waals surface area contributed by atoms with Gasteiger partial charge in [0.1, 0.15) is 0 Å². The number of rotatable bonds is 3. The average Bonchev–Trinajstić information content (AvgIpc) is 2.83. The highest BCUT2D eigenvalue weighted by Crippen LogP contribution is 2.46. The zero-order valence-electron chi connectivity index (χ0n) is 12.5. The Balaban J connectivity index is 1.81. The Kier molecular flexibility index (Phi) is 3.59. The SMILES string of the molecule is CC1(C)CCC(CN)(Cc2nc3ccccc3s2)CC1. The minimum Gasteiger partial charge on any atom is -0.330 e. The fourth-order valence-electron chi connectivity index (χ4n) is 3.23. The number of para-hydroxylation sites is 1. The van der Waals surface area contributed by atoms with Crippen molar-refractivity contribution in [1.29, 1.82) is 0 Å². The molecule has 1 saturated carbocycles. The molecule has 0 bridgehead atoms. The van der Waals surface area contributed by atoms with Gasteiger partial charge in [0.05, 0.1) is 15.2 Å². The molecule has 1 aromatic carbocycles. The Hall–Kier alpha value is -0.930. The number of fused-ring (bicyclic) bond motifs is 1. The molecule has 0 unspecified atom stereocenters. The molecule has 0 saturated heterocycles. The lowest BCUT2D eigenvalue weighted by molar-refractivity contribution is 0.108. The summed E-state index contributed by atoms with van der Waals surface area (Å²) in [6, 6.07) is 8.42. The summed E-state index contributed by atoms with van der Waals surface area (Å²) in [4.78, 5) is 4.80. The van der Waals surface area contributed by atoms with E-state index in [0.717, 1.165) is 18.5 Å². The molecule has 0 atom stereocenters. The Bertz CT molecular complexity index is 557. The second-order valence-electron chi connectivity index (χ2n) is 7.12. The molecular formula is C17H24N2S. The number of hydrogen-bond donors (Lipinski definition) is 1. The zero-order valence-corrected chi connectivity index (χ0v) is 13.3. The van der Waals surface area contributed by atoms with Gasteiger partial charge >= 0.3 is 0 Å². The summed E-state index contributed by atoms with van der Waals surface area (Å²) in [5, 5.41) is 1.26. The third kappa shape index (κ3) is 2.75. The first kappa shape index (κ1) is 14.0. The Morgan fingerprint density at radius 3 is 2.50 bits per heavy atom. The van der Waals surface area contributed by atoms with Crippen molar-refractivity contribution in [2.24, 2.45) is 16.6 Å². The van der Waals surface area contributed by atoms with E-state index in [1.807, 2.05) is 11.3 Å². The quantitative estimate of drug-likeness (QED) is 0.910. The number of aromatic nitrogens is 1. The van der Waals surface area contributed by atoms with Crippen molar-refractivity contribution < 1.29 is 0 Å². The van der Waals surface area contributed by atoms with Crippen LogP contribution < -0.4 is 5.73 Å². The molecule has 1 heterocycles. The molecule has 20 heavy (non-hydrogen) atoms. The fraction of sp³-hybridized carbons (Fsp3) is 0.588. The molecule has 0 spiro atoms. The number of hydrogen-bond acceptors (Lipinski definition) is 3. The molecule has 2 nitrogen and oxygen atoms in total. The maximum absolute atomic E-state index is 6.15. The summed E-state index contributed by atoms with van der Waals surface area (Å²) in [5.41, 5.74) is 8.05. The maximum atomic E-state index is 6.15. The van der Waals surface area contributed by atoms with Crippen LogP contribution in [0, 0.1) is 10.8 Å². The van der Waals surface area contributed by atoms with Gasteiger partial charge < -0.3 is 5.73 Å². The predicted molar refractivity (Wildman–Crippen MR) is 87.1 cm³/mol. The molecule has 1 aromatic heterocycles. The highest BCUT2D eigenvalue weighted by molar-refractivity contribution is 7.18. The second kappa shape index (κ2) is 5.12. The standard InChI is InChI=1S/C17H24N2S/c1-16(2)7-9-17(12-18,10-8-16)11-15-19-13-5-3-4-6-14(13)20-15/h3-6H,7-12,18H2,1-2H3. The van der Waals surface area contributed by atoms with Crippen LogP contribution >= 0.6 is 11.3 Å². The molecule has 1 aliphatic rings. The first-order chi connectivity index (χ1) is 9.52. The largest absolute Gasteiger partial charge is 0.330 e. The summed E-state index contributed by atoms with van der Waals surface area (Å²) in [7, 11) is 0. The maximum Gasteiger partial charge on any atom is 0.0944 e. The van der Waals surface area contributed by atoms with Gasteiger partial charge in [0.25, 0.3) is 0 Å². The second-order valence-corrected chi connectivity index (χ2v) is 8.24. The van der Waals surface area contributed by atoms with Crippen molar-refractivity contribution in [2.45, 2.75) is 46.0 Å².